The van der Waals surface area contributed by atoms with Crippen LogP contribution in [0.1, 0.15) is 103 Å². The summed E-state index contributed by atoms with van der Waals surface area (Å²) in [6.07, 6.45) is 23.1. The van der Waals surface area contributed by atoms with E-state index in [0.717, 1.165) is 25.4 Å². The SMILES string of the molecule is CCCCCCCC/C=C\CCCCCCCC(=O)OCC1CCP(=S)(OC)O1. The Balaban J connectivity index is 1.84. The van der Waals surface area contributed by atoms with Crippen molar-refractivity contribution in [2.24, 2.45) is 0 Å². The van der Waals surface area contributed by atoms with Gasteiger partial charge in [-0.05, 0) is 50.3 Å². The van der Waals surface area contributed by atoms with Gasteiger partial charge in [0, 0.05) is 19.7 Å². The predicted molar refractivity (Wildman–Crippen MR) is 126 cm³/mol. The Morgan fingerprint density at radius 2 is 1.59 bits per heavy atom. The lowest BCUT2D eigenvalue weighted by Crippen LogP contribution is -2.17. The second-order valence-corrected chi connectivity index (χ2v) is 12.0. The first-order valence-corrected chi connectivity index (χ1v) is 14.6. The summed E-state index contributed by atoms with van der Waals surface area (Å²) in [7, 11) is 1.60. The van der Waals surface area contributed by atoms with Gasteiger partial charge in [-0.25, -0.2) is 0 Å². The van der Waals surface area contributed by atoms with Crippen molar-refractivity contribution in [2.45, 2.75) is 109 Å². The van der Waals surface area contributed by atoms with Crippen molar-refractivity contribution >= 4 is 24.3 Å². The minimum absolute atomic E-state index is 0.0844. The maximum Gasteiger partial charge on any atom is 0.305 e. The van der Waals surface area contributed by atoms with E-state index in [9.17, 15) is 4.79 Å². The van der Waals surface area contributed by atoms with Crippen LogP contribution in [0.4, 0.5) is 0 Å². The maximum atomic E-state index is 11.8. The van der Waals surface area contributed by atoms with E-state index in [4.69, 9.17) is 25.6 Å². The second-order valence-electron chi connectivity index (χ2n) is 8.05. The molecular formula is C23H43O4PS. The molecule has 0 aromatic heterocycles. The van der Waals surface area contributed by atoms with Gasteiger partial charge in [0.05, 0.1) is 6.10 Å². The van der Waals surface area contributed by atoms with E-state index in [1.807, 2.05) is 0 Å². The zero-order chi connectivity index (χ0) is 21.2. The topological polar surface area (TPSA) is 44.8 Å². The Kier molecular flexibility index (Phi) is 16.1. The second kappa shape index (κ2) is 17.5. The molecule has 0 N–H and O–H groups in total. The fourth-order valence-corrected chi connectivity index (χ4v) is 5.76. The van der Waals surface area contributed by atoms with E-state index >= 15 is 0 Å². The number of rotatable bonds is 18. The average Bonchev–Trinajstić information content (AvgIpc) is 3.11. The quantitative estimate of drug-likeness (QED) is 0.0955. The monoisotopic (exact) mass is 446 g/mol. The van der Waals surface area contributed by atoms with Crippen LogP contribution in [-0.2, 0) is 30.4 Å². The van der Waals surface area contributed by atoms with Crippen molar-refractivity contribution in [2.75, 3.05) is 19.9 Å². The number of allylic oxidation sites excluding steroid dienone is 2. The number of carbonyl (C=O) groups excluding carboxylic acids is 1. The molecule has 0 spiro atoms. The van der Waals surface area contributed by atoms with Crippen molar-refractivity contribution in [3.8, 4) is 0 Å². The highest BCUT2D eigenvalue weighted by Crippen LogP contribution is 2.54. The summed E-state index contributed by atoms with van der Waals surface area (Å²) < 4.78 is 16.3. The Morgan fingerprint density at radius 3 is 2.17 bits per heavy atom. The van der Waals surface area contributed by atoms with E-state index in [0.29, 0.717) is 13.0 Å². The summed E-state index contributed by atoms with van der Waals surface area (Å²) in [4.78, 5) is 11.8. The molecule has 0 aromatic carbocycles. The third-order valence-corrected chi connectivity index (χ3v) is 8.62. The van der Waals surface area contributed by atoms with Crippen LogP contribution in [0, 0.1) is 0 Å². The van der Waals surface area contributed by atoms with Gasteiger partial charge >= 0.3 is 5.97 Å². The van der Waals surface area contributed by atoms with Crippen LogP contribution >= 0.6 is 6.49 Å². The molecule has 29 heavy (non-hydrogen) atoms. The normalized spacial score (nSPS) is 21.8. The molecule has 2 atom stereocenters. The molecule has 2 unspecified atom stereocenters. The molecule has 170 valence electrons. The van der Waals surface area contributed by atoms with Crippen molar-refractivity contribution in [3.63, 3.8) is 0 Å². The van der Waals surface area contributed by atoms with Gasteiger partial charge < -0.3 is 13.8 Å². The standard InChI is InChI=1S/C23H43O4PS/c1-3-4-5-6-7-8-9-10-11-12-13-14-15-16-17-18-23(24)26-21-22-19-20-28(29,25-2)27-22/h10-11,22H,3-9,12-21H2,1-2H3/b11-10-. The Morgan fingerprint density at radius 1 is 1.00 bits per heavy atom. The van der Waals surface area contributed by atoms with Gasteiger partial charge in [0.25, 0.3) is 0 Å². The molecule has 4 nitrogen and oxygen atoms in total. The minimum Gasteiger partial charge on any atom is -0.463 e. The summed E-state index contributed by atoms with van der Waals surface area (Å²) in [6, 6.07) is 0. The third kappa shape index (κ3) is 14.4. The molecule has 1 aliphatic rings. The number of unbranched alkanes of at least 4 members (excludes halogenated alkanes) is 11. The summed E-state index contributed by atoms with van der Waals surface area (Å²) in [6.45, 7) is 0.492. The molecule has 0 bridgehead atoms. The van der Waals surface area contributed by atoms with E-state index in [-0.39, 0.29) is 12.1 Å². The van der Waals surface area contributed by atoms with Crippen LogP contribution in [-0.4, -0.2) is 32.0 Å². The fraction of sp³-hybridized carbons (Fsp3) is 0.870. The van der Waals surface area contributed by atoms with Crippen molar-refractivity contribution in [3.05, 3.63) is 12.2 Å². The van der Waals surface area contributed by atoms with Gasteiger partial charge in [-0.3, -0.25) is 4.79 Å². The molecule has 1 heterocycles. The summed E-state index contributed by atoms with van der Waals surface area (Å²) in [5, 5.41) is 0. The van der Waals surface area contributed by atoms with E-state index < -0.39 is 6.49 Å². The lowest BCUT2D eigenvalue weighted by Gasteiger charge is -2.15. The number of carbonyl (C=O) groups is 1. The van der Waals surface area contributed by atoms with Crippen LogP contribution in [0.2, 0.25) is 0 Å². The van der Waals surface area contributed by atoms with E-state index in [2.05, 4.69) is 19.1 Å². The maximum absolute atomic E-state index is 11.8. The van der Waals surface area contributed by atoms with Crippen molar-refractivity contribution < 1.29 is 18.6 Å². The molecule has 0 amide bonds. The zero-order valence-corrected chi connectivity index (χ0v) is 20.5. The molecule has 1 saturated heterocycles. The van der Waals surface area contributed by atoms with Crippen LogP contribution in [0.25, 0.3) is 0 Å². The van der Waals surface area contributed by atoms with Gasteiger partial charge in [0.15, 0.2) is 6.49 Å². The first-order chi connectivity index (χ1) is 14.1. The first-order valence-electron chi connectivity index (χ1n) is 11.7. The lowest BCUT2D eigenvalue weighted by molar-refractivity contribution is -0.146. The van der Waals surface area contributed by atoms with E-state index in [1.165, 1.54) is 70.6 Å². The summed E-state index contributed by atoms with van der Waals surface area (Å²) in [5.74, 6) is -0.121. The minimum atomic E-state index is -2.08. The molecule has 0 aliphatic carbocycles. The highest BCUT2D eigenvalue weighted by molar-refractivity contribution is 8.10. The third-order valence-electron chi connectivity index (χ3n) is 5.39. The first kappa shape index (κ1) is 26.8. The van der Waals surface area contributed by atoms with E-state index in [1.54, 1.807) is 7.11 Å². The molecule has 1 fully saturated rings. The Bertz CT molecular complexity index is 495. The molecule has 1 aliphatic heterocycles. The Hall–Kier alpha value is -0.220. The summed E-state index contributed by atoms with van der Waals surface area (Å²) >= 11 is 5.32. The van der Waals surface area contributed by atoms with Gasteiger partial charge in [0.1, 0.15) is 6.61 Å². The van der Waals surface area contributed by atoms with Gasteiger partial charge in [-0.2, -0.15) is 0 Å². The smallest absolute Gasteiger partial charge is 0.305 e. The molecule has 6 heteroatoms. The number of hydrogen-bond acceptors (Lipinski definition) is 5. The average molecular weight is 447 g/mol. The molecule has 0 aromatic rings. The van der Waals surface area contributed by atoms with Gasteiger partial charge in [-0.15, -0.1) is 0 Å². The zero-order valence-electron chi connectivity index (χ0n) is 18.7. The largest absolute Gasteiger partial charge is 0.463 e. The number of ether oxygens (including phenoxy) is 1. The lowest BCUT2D eigenvalue weighted by atomic mass is 10.1. The van der Waals surface area contributed by atoms with Crippen LogP contribution in [0.5, 0.6) is 0 Å². The highest BCUT2D eigenvalue weighted by atomic mass is 32.5. The fourth-order valence-electron chi connectivity index (χ4n) is 3.48. The molecule has 1 rings (SSSR count). The summed E-state index contributed by atoms with van der Waals surface area (Å²) in [5.41, 5.74) is 0. The predicted octanol–water partition coefficient (Wildman–Crippen LogP) is 7.31. The van der Waals surface area contributed by atoms with Crippen molar-refractivity contribution in [1.29, 1.82) is 0 Å². The van der Waals surface area contributed by atoms with Crippen LogP contribution in [0.15, 0.2) is 12.2 Å². The highest BCUT2D eigenvalue weighted by Gasteiger charge is 2.32. The van der Waals surface area contributed by atoms with Crippen LogP contribution in [0.3, 0.4) is 0 Å². The number of esters is 1. The number of hydrogen-bond donors (Lipinski definition) is 0. The van der Waals surface area contributed by atoms with Gasteiger partial charge in [0.2, 0.25) is 0 Å². The van der Waals surface area contributed by atoms with Crippen molar-refractivity contribution in [1.82, 2.24) is 0 Å². The molecular weight excluding hydrogens is 403 g/mol. The van der Waals surface area contributed by atoms with Crippen LogP contribution < -0.4 is 0 Å². The Labute approximate surface area is 184 Å². The molecule has 0 saturated carbocycles. The van der Waals surface area contributed by atoms with Gasteiger partial charge in [-0.1, -0.05) is 70.4 Å². The molecule has 0 radical (unpaired) electrons.